The Morgan fingerprint density at radius 3 is 2.12 bits per heavy atom. The van der Waals surface area contributed by atoms with Crippen molar-refractivity contribution in [2.24, 2.45) is 0 Å². The third-order valence-electron chi connectivity index (χ3n) is 3.94. The van der Waals surface area contributed by atoms with Gasteiger partial charge in [-0.25, -0.2) is 4.98 Å². The predicted octanol–water partition coefficient (Wildman–Crippen LogP) is 6.25. The molecule has 126 valence electrons. The van der Waals surface area contributed by atoms with E-state index < -0.39 is 0 Å². The highest BCUT2D eigenvalue weighted by Gasteiger charge is 2.34. The van der Waals surface area contributed by atoms with E-state index in [0.717, 1.165) is 19.4 Å². The maximum absolute atomic E-state index is 12.6. The van der Waals surface area contributed by atoms with Crippen molar-refractivity contribution in [1.82, 2.24) is 4.98 Å². The molecule has 25 heavy (non-hydrogen) atoms. The van der Waals surface area contributed by atoms with Gasteiger partial charge >= 0.3 is 0 Å². The van der Waals surface area contributed by atoms with Crippen LogP contribution in [0.5, 0.6) is 0 Å². The molecule has 3 aromatic rings. The molecular formula is C18H11Cl2NO2S2. The maximum atomic E-state index is 12.6. The van der Waals surface area contributed by atoms with Gasteiger partial charge in [-0.1, -0.05) is 37.0 Å². The number of hydrogen-bond acceptors (Lipinski definition) is 5. The van der Waals surface area contributed by atoms with Crippen molar-refractivity contribution < 1.29 is 9.59 Å². The number of thiophene rings is 1. The topological polar surface area (TPSA) is 47.0 Å². The lowest BCUT2D eigenvalue weighted by atomic mass is 10.1. The van der Waals surface area contributed by atoms with E-state index in [0.29, 0.717) is 17.0 Å². The van der Waals surface area contributed by atoms with Gasteiger partial charge in [-0.15, -0.1) is 22.7 Å². The van der Waals surface area contributed by atoms with Gasteiger partial charge in [0.1, 0.15) is 4.83 Å². The van der Waals surface area contributed by atoms with Crippen LogP contribution in [0.15, 0.2) is 23.8 Å². The molecule has 0 N–H and O–H groups in total. The van der Waals surface area contributed by atoms with E-state index >= 15 is 0 Å². The van der Waals surface area contributed by atoms with Gasteiger partial charge < -0.3 is 0 Å². The molecule has 7 heteroatoms. The van der Waals surface area contributed by atoms with Crippen LogP contribution in [-0.2, 0) is 0 Å². The van der Waals surface area contributed by atoms with Crippen LogP contribution in [0.3, 0.4) is 0 Å². The third-order valence-corrected chi connectivity index (χ3v) is 7.07. The number of fused-ring (bicyclic) bond motifs is 2. The van der Waals surface area contributed by atoms with Crippen LogP contribution < -0.4 is 0 Å². The average Bonchev–Trinajstić information content (AvgIpc) is 3.17. The van der Waals surface area contributed by atoms with Crippen LogP contribution in [0.25, 0.3) is 15.6 Å². The highest BCUT2D eigenvalue weighted by atomic mass is 35.5. The Morgan fingerprint density at radius 1 is 1.00 bits per heavy atom. The van der Waals surface area contributed by atoms with Crippen molar-refractivity contribution in [2.45, 2.75) is 19.8 Å². The Hall–Kier alpha value is -1.53. The first kappa shape index (κ1) is 16.9. The molecule has 4 rings (SSSR count). The minimum atomic E-state index is -0.314. The van der Waals surface area contributed by atoms with Crippen LogP contribution >= 0.6 is 45.9 Å². The van der Waals surface area contributed by atoms with Crippen molar-refractivity contribution in [1.29, 1.82) is 0 Å². The van der Waals surface area contributed by atoms with Crippen LogP contribution in [0, 0.1) is 0 Å². The second kappa shape index (κ2) is 6.02. The number of aromatic nitrogens is 1. The summed E-state index contributed by atoms with van der Waals surface area (Å²) < 4.78 is 1.07. The number of allylic oxidation sites excluding steroid dienone is 1. The first-order valence-electron chi connectivity index (χ1n) is 7.55. The van der Waals surface area contributed by atoms with Crippen molar-refractivity contribution in [3.05, 3.63) is 54.8 Å². The Kier molecular flexibility index (Phi) is 4.07. The van der Waals surface area contributed by atoms with Gasteiger partial charge in [0.2, 0.25) is 0 Å². The minimum Gasteiger partial charge on any atom is -0.288 e. The zero-order valence-electron chi connectivity index (χ0n) is 13.2. The number of hydrogen-bond donors (Lipinski definition) is 0. The number of nitrogens with zero attached hydrogens (tertiary/aromatic N) is 1. The summed E-state index contributed by atoms with van der Waals surface area (Å²) >= 11 is 15.1. The third kappa shape index (κ3) is 2.75. The zero-order chi connectivity index (χ0) is 17.9. The normalized spacial score (nSPS) is 14.0. The van der Waals surface area contributed by atoms with Gasteiger partial charge in [0.25, 0.3) is 0 Å². The molecule has 0 bridgehead atoms. The molecule has 0 unspecified atom stereocenters. The molecule has 0 saturated carbocycles. The lowest BCUT2D eigenvalue weighted by Gasteiger charge is -1.98. The average molecular weight is 408 g/mol. The van der Waals surface area contributed by atoms with Crippen LogP contribution in [0.4, 0.5) is 0 Å². The van der Waals surface area contributed by atoms with Crippen LogP contribution in [0.1, 0.15) is 50.4 Å². The van der Waals surface area contributed by atoms with Crippen molar-refractivity contribution >= 4 is 73.0 Å². The van der Waals surface area contributed by atoms with Gasteiger partial charge in [-0.05, 0) is 24.3 Å². The molecule has 0 atom stereocenters. The number of thiazole rings is 1. The van der Waals surface area contributed by atoms with Crippen molar-refractivity contribution in [2.75, 3.05) is 0 Å². The number of benzene rings is 1. The van der Waals surface area contributed by atoms with E-state index in [4.69, 9.17) is 23.2 Å². The SMILES string of the molecule is CC(C)c1nc2sc(C=C3C(=O)c4cc(Cl)c(Cl)cc4C3=O)cc2s1. The molecule has 3 nitrogen and oxygen atoms in total. The molecule has 1 aliphatic rings. The molecule has 1 aromatic carbocycles. The molecule has 2 aromatic heterocycles. The molecule has 0 aliphatic heterocycles. The first-order valence-corrected chi connectivity index (χ1v) is 9.94. The van der Waals surface area contributed by atoms with E-state index in [2.05, 4.69) is 18.8 Å². The minimum absolute atomic E-state index is 0.145. The summed E-state index contributed by atoms with van der Waals surface area (Å²) in [5.74, 6) is -0.245. The Bertz CT molecular complexity index is 1020. The smallest absolute Gasteiger partial charge is 0.197 e. The lowest BCUT2D eigenvalue weighted by molar-refractivity contribution is 0.0990. The summed E-state index contributed by atoms with van der Waals surface area (Å²) in [6, 6.07) is 4.90. The second-order valence-electron chi connectivity index (χ2n) is 6.05. The van der Waals surface area contributed by atoms with Crippen molar-refractivity contribution in [3.63, 3.8) is 0 Å². The molecule has 0 fully saturated rings. The van der Waals surface area contributed by atoms with E-state index in [9.17, 15) is 9.59 Å². The van der Waals surface area contributed by atoms with E-state index in [1.54, 1.807) is 17.4 Å². The van der Waals surface area contributed by atoms with E-state index in [1.165, 1.54) is 23.5 Å². The molecule has 2 heterocycles. The molecule has 0 saturated heterocycles. The number of Topliss-reactive ketones (excluding diaryl/α,β-unsaturated/α-hetero) is 2. The van der Waals surface area contributed by atoms with Gasteiger partial charge in [-0.2, -0.15) is 0 Å². The van der Waals surface area contributed by atoms with Crippen molar-refractivity contribution in [3.8, 4) is 0 Å². The maximum Gasteiger partial charge on any atom is 0.197 e. The molecule has 0 radical (unpaired) electrons. The highest BCUT2D eigenvalue weighted by Crippen LogP contribution is 2.37. The Balaban J connectivity index is 1.76. The summed E-state index contributed by atoms with van der Waals surface area (Å²) in [4.78, 5) is 31.5. The number of rotatable bonds is 2. The summed E-state index contributed by atoms with van der Waals surface area (Å²) in [5, 5.41) is 1.62. The second-order valence-corrected chi connectivity index (χ2v) is 8.99. The van der Waals surface area contributed by atoms with Gasteiger partial charge in [0.15, 0.2) is 11.6 Å². The monoisotopic (exact) mass is 407 g/mol. The quantitative estimate of drug-likeness (QED) is 0.372. The molecule has 0 spiro atoms. The summed E-state index contributed by atoms with van der Waals surface area (Å²) in [6.07, 6.45) is 1.64. The summed E-state index contributed by atoms with van der Waals surface area (Å²) in [6.45, 7) is 4.21. The first-order chi connectivity index (χ1) is 11.8. The zero-order valence-corrected chi connectivity index (χ0v) is 16.4. The number of ketones is 2. The van der Waals surface area contributed by atoms with Gasteiger partial charge in [0, 0.05) is 21.9 Å². The standard InChI is InChI=1S/C18H11Cl2NO2S2/c1-7(2)17-21-18-14(25-17)4-8(24-18)3-11-15(22)9-5-12(19)13(20)6-10(9)16(11)23/h3-7H,1-2H3. The van der Waals surface area contributed by atoms with E-state index in [1.807, 2.05) is 6.07 Å². The highest BCUT2D eigenvalue weighted by molar-refractivity contribution is 7.27. The largest absolute Gasteiger partial charge is 0.288 e. The summed E-state index contributed by atoms with van der Waals surface area (Å²) in [5.41, 5.74) is 0.764. The van der Waals surface area contributed by atoms with E-state index in [-0.39, 0.29) is 27.2 Å². The molecular weight excluding hydrogens is 397 g/mol. The van der Waals surface area contributed by atoms with Crippen LogP contribution in [-0.4, -0.2) is 16.6 Å². The Labute approximate surface area is 161 Å². The lowest BCUT2D eigenvalue weighted by Crippen LogP contribution is -1.99. The summed E-state index contributed by atoms with van der Waals surface area (Å²) in [7, 11) is 0. The number of carbonyl (C=O) groups excluding carboxylic acids is 2. The fourth-order valence-corrected chi connectivity index (χ4v) is 5.18. The number of carbonyl (C=O) groups is 2. The Morgan fingerprint density at radius 2 is 1.60 bits per heavy atom. The van der Waals surface area contributed by atoms with Gasteiger partial charge in [0.05, 0.1) is 25.3 Å². The van der Waals surface area contributed by atoms with Gasteiger partial charge in [-0.3, -0.25) is 9.59 Å². The molecule has 1 aliphatic carbocycles. The molecule has 0 amide bonds. The predicted molar refractivity (Wildman–Crippen MR) is 105 cm³/mol. The fraction of sp³-hybridized carbons (Fsp3) is 0.167. The number of halogens is 2. The van der Waals surface area contributed by atoms with Crippen LogP contribution in [0.2, 0.25) is 10.0 Å². The fourth-order valence-electron chi connectivity index (χ4n) is 2.68.